The third kappa shape index (κ3) is 8.35. The first kappa shape index (κ1) is 29.7. The standard InChI is InChI=1S/C33H40N6O2/c1-33(2,3)24-14-18-26(19-15-24)39-27(22-30(38-39)29-10-7-8-20-36-29)9-5-4-6-11-31(40)37-32(41)28(35)21-23-12-16-25(34)17-13-23/h7-8,10,12-20,22,28H,4-6,9,11,21,34-35H2,1-3H3,(H,37,40,41). The Balaban J connectivity index is 1.31. The molecule has 0 saturated carbocycles. The average molecular weight is 553 g/mol. The van der Waals surface area contributed by atoms with E-state index in [-0.39, 0.29) is 17.7 Å². The summed E-state index contributed by atoms with van der Waals surface area (Å²) in [5.41, 5.74) is 18.3. The quantitative estimate of drug-likeness (QED) is 0.175. The fourth-order valence-corrected chi connectivity index (χ4v) is 4.62. The molecule has 214 valence electrons. The number of amides is 2. The Hall–Kier alpha value is -4.30. The van der Waals surface area contributed by atoms with Gasteiger partial charge in [0, 0.05) is 24.0 Å². The molecule has 2 amide bonds. The molecule has 2 aromatic heterocycles. The van der Waals surface area contributed by atoms with Crippen LogP contribution in [0.4, 0.5) is 5.69 Å². The molecule has 4 rings (SSSR count). The lowest BCUT2D eigenvalue weighted by Gasteiger charge is -2.19. The van der Waals surface area contributed by atoms with Crippen molar-refractivity contribution in [2.24, 2.45) is 5.73 Å². The van der Waals surface area contributed by atoms with Crippen LogP contribution in [0, 0.1) is 0 Å². The van der Waals surface area contributed by atoms with E-state index in [0.717, 1.165) is 47.6 Å². The fourth-order valence-electron chi connectivity index (χ4n) is 4.62. The van der Waals surface area contributed by atoms with Crippen LogP contribution >= 0.6 is 0 Å². The van der Waals surface area contributed by atoms with Crippen LogP contribution in [0.25, 0.3) is 17.1 Å². The van der Waals surface area contributed by atoms with Gasteiger partial charge < -0.3 is 11.5 Å². The third-order valence-electron chi connectivity index (χ3n) is 7.06. The largest absolute Gasteiger partial charge is 0.399 e. The summed E-state index contributed by atoms with van der Waals surface area (Å²) in [6.45, 7) is 6.60. The monoisotopic (exact) mass is 552 g/mol. The normalized spacial score (nSPS) is 12.2. The molecule has 0 spiro atoms. The summed E-state index contributed by atoms with van der Waals surface area (Å²) in [6.07, 6.45) is 5.57. The minimum atomic E-state index is -0.798. The fraction of sp³-hybridized carbons (Fsp3) is 0.333. The first-order chi connectivity index (χ1) is 19.6. The summed E-state index contributed by atoms with van der Waals surface area (Å²) >= 11 is 0. The van der Waals surface area contributed by atoms with Crippen LogP contribution in [0.5, 0.6) is 0 Å². The zero-order chi connectivity index (χ0) is 29.4. The highest BCUT2D eigenvalue weighted by atomic mass is 16.2. The van der Waals surface area contributed by atoms with Crippen molar-refractivity contribution >= 4 is 17.5 Å². The molecule has 1 unspecified atom stereocenters. The van der Waals surface area contributed by atoms with Crippen molar-refractivity contribution < 1.29 is 9.59 Å². The number of rotatable bonds is 11. The predicted octanol–water partition coefficient (Wildman–Crippen LogP) is 5.13. The van der Waals surface area contributed by atoms with E-state index in [1.54, 1.807) is 18.3 Å². The zero-order valence-corrected chi connectivity index (χ0v) is 24.1. The molecule has 2 heterocycles. The van der Waals surface area contributed by atoms with Gasteiger partial charge in [-0.1, -0.05) is 57.5 Å². The number of carbonyl (C=O) groups excluding carboxylic acids is 2. The van der Waals surface area contributed by atoms with Crippen molar-refractivity contribution in [1.29, 1.82) is 0 Å². The molecule has 8 heteroatoms. The maximum Gasteiger partial charge on any atom is 0.243 e. The molecular weight excluding hydrogens is 512 g/mol. The zero-order valence-electron chi connectivity index (χ0n) is 24.1. The Morgan fingerprint density at radius 3 is 2.32 bits per heavy atom. The summed E-state index contributed by atoms with van der Waals surface area (Å²) in [4.78, 5) is 29.2. The highest BCUT2D eigenvalue weighted by Crippen LogP contribution is 2.26. The summed E-state index contributed by atoms with van der Waals surface area (Å²) in [5, 5.41) is 7.33. The number of aromatic nitrogens is 3. The van der Waals surface area contributed by atoms with E-state index >= 15 is 0 Å². The Bertz CT molecular complexity index is 1440. The van der Waals surface area contributed by atoms with Crippen molar-refractivity contribution in [3.05, 3.63) is 95.8 Å². The van der Waals surface area contributed by atoms with Crippen LogP contribution in [-0.4, -0.2) is 32.6 Å². The molecule has 8 nitrogen and oxygen atoms in total. The number of aryl methyl sites for hydroxylation is 1. The summed E-state index contributed by atoms with van der Waals surface area (Å²) in [5.74, 6) is -0.764. The van der Waals surface area contributed by atoms with Crippen molar-refractivity contribution in [1.82, 2.24) is 20.1 Å². The summed E-state index contributed by atoms with van der Waals surface area (Å²) in [7, 11) is 0. The summed E-state index contributed by atoms with van der Waals surface area (Å²) < 4.78 is 1.99. The SMILES string of the molecule is CC(C)(C)c1ccc(-n2nc(-c3ccccn3)cc2CCCCCC(=O)NC(=O)C(N)Cc2ccc(N)cc2)cc1. The van der Waals surface area contributed by atoms with E-state index < -0.39 is 11.9 Å². The van der Waals surface area contributed by atoms with Crippen LogP contribution in [0.1, 0.15) is 63.3 Å². The molecule has 0 aliphatic carbocycles. The lowest BCUT2D eigenvalue weighted by atomic mass is 9.87. The van der Waals surface area contributed by atoms with Gasteiger partial charge in [0.2, 0.25) is 11.8 Å². The van der Waals surface area contributed by atoms with Crippen LogP contribution in [0.2, 0.25) is 0 Å². The number of unbranched alkanes of at least 4 members (excludes halogenated alkanes) is 2. The van der Waals surface area contributed by atoms with Gasteiger partial charge in [0.15, 0.2) is 0 Å². The van der Waals surface area contributed by atoms with Gasteiger partial charge in [-0.2, -0.15) is 5.10 Å². The Morgan fingerprint density at radius 2 is 1.66 bits per heavy atom. The maximum absolute atomic E-state index is 12.4. The first-order valence-electron chi connectivity index (χ1n) is 14.1. The number of nitrogens with zero attached hydrogens (tertiary/aromatic N) is 3. The smallest absolute Gasteiger partial charge is 0.243 e. The van der Waals surface area contributed by atoms with Gasteiger partial charge in [-0.25, -0.2) is 4.68 Å². The van der Waals surface area contributed by atoms with Gasteiger partial charge in [0.1, 0.15) is 5.69 Å². The van der Waals surface area contributed by atoms with E-state index in [9.17, 15) is 9.59 Å². The number of hydrogen-bond acceptors (Lipinski definition) is 6. The van der Waals surface area contributed by atoms with Crippen LogP contribution < -0.4 is 16.8 Å². The molecule has 2 aromatic carbocycles. The van der Waals surface area contributed by atoms with Crippen LogP contribution in [0.3, 0.4) is 0 Å². The molecular formula is C33H40N6O2. The highest BCUT2D eigenvalue weighted by molar-refractivity contribution is 5.97. The lowest BCUT2D eigenvalue weighted by Crippen LogP contribution is -2.44. The Kier molecular flexibility index (Phi) is 9.68. The molecule has 0 aliphatic rings. The number of carbonyl (C=O) groups is 2. The van der Waals surface area contributed by atoms with E-state index in [2.05, 4.69) is 61.4 Å². The van der Waals surface area contributed by atoms with E-state index in [0.29, 0.717) is 18.5 Å². The van der Waals surface area contributed by atoms with E-state index in [1.165, 1.54) is 5.56 Å². The van der Waals surface area contributed by atoms with Crippen molar-refractivity contribution in [3.63, 3.8) is 0 Å². The van der Waals surface area contributed by atoms with Crippen molar-refractivity contribution in [2.75, 3.05) is 5.73 Å². The molecule has 0 aliphatic heterocycles. The molecule has 0 bridgehead atoms. The van der Waals surface area contributed by atoms with Gasteiger partial charge in [-0.3, -0.25) is 19.9 Å². The minimum absolute atomic E-state index is 0.0729. The highest BCUT2D eigenvalue weighted by Gasteiger charge is 2.18. The molecule has 0 fully saturated rings. The Labute approximate surface area is 242 Å². The molecule has 1 atom stereocenters. The topological polar surface area (TPSA) is 129 Å². The van der Waals surface area contributed by atoms with Gasteiger partial charge >= 0.3 is 0 Å². The number of anilines is 1. The minimum Gasteiger partial charge on any atom is -0.399 e. The molecule has 5 N–H and O–H groups in total. The number of nitrogens with two attached hydrogens (primary N) is 2. The van der Waals surface area contributed by atoms with Crippen molar-refractivity contribution in [3.8, 4) is 17.1 Å². The van der Waals surface area contributed by atoms with Crippen LogP contribution in [0.15, 0.2) is 79.0 Å². The number of benzene rings is 2. The molecule has 0 saturated heterocycles. The van der Waals surface area contributed by atoms with E-state index in [4.69, 9.17) is 16.6 Å². The van der Waals surface area contributed by atoms with E-state index in [1.807, 2.05) is 35.0 Å². The second-order valence-electron chi connectivity index (χ2n) is 11.5. The maximum atomic E-state index is 12.4. The van der Waals surface area contributed by atoms with Crippen molar-refractivity contribution in [2.45, 2.75) is 70.8 Å². The molecule has 41 heavy (non-hydrogen) atoms. The molecule has 0 radical (unpaired) electrons. The van der Waals surface area contributed by atoms with Crippen LogP contribution in [-0.2, 0) is 27.8 Å². The molecule has 4 aromatic rings. The third-order valence-corrected chi connectivity index (χ3v) is 7.06. The van der Waals surface area contributed by atoms with Gasteiger partial charge in [0.05, 0.1) is 17.4 Å². The first-order valence-corrected chi connectivity index (χ1v) is 14.1. The second-order valence-corrected chi connectivity index (χ2v) is 11.5. The average Bonchev–Trinajstić information content (AvgIpc) is 3.38. The lowest BCUT2D eigenvalue weighted by molar-refractivity contribution is -0.131. The predicted molar refractivity (Wildman–Crippen MR) is 163 cm³/mol. The number of imide groups is 1. The van der Waals surface area contributed by atoms with Gasteiger partial charge in [0.25, 0.3) is 0 Å². The van der Waals surface area contributed by atoms with Gasteiger partial charge in [-0.15, -0.1) is 0 Å². The second kappa shape index (κ2) is 13.4. The number of pyridine rings is 1. The summed E-state index contributed by atoms with van der Waals surface area (Å²) in [6, 6.07) is 22.8. The number of nitrogen functional groups attached to an aromatic ring is 1. The number of hydrogen-bond donors (Lipinski definition) is 3. The Morgan fingerprint density at radius 1 is 0.927 bits per heavy atom. The van der Waals surface area contributed by atoms with Gasteiger partial charge in [-0.05, 0) is 84.7 Å². The number of nitrogens with one attached hydrogen (secondary N) is 1.